The lowest BCUT2D eigenvalue weighted by Gasteiger charge is -2.26. The number of anilines is 1. The van der Waals surface area contributed by atoms with Crippen molar-refractivity contribution < 1.29 is 14.3 Å². The van der Waals surface area contributed by atoms with Crippen LogP contribution in [0.25, 0.3) is 0 Å². The summed E-state index contributed by atoms with van der Waals surface area (Å²) in [6.07, 6.45) is 1.73. The molecule has 0 radical (unpaired) electrons. The number of morpholine rings is 1. The fourth-order valence-corrected chi connectivity index (χ4v) is 3.25. The number of aromatic nitrogens is 3. The number of nitrogens with one attached hydrogen (secondary N) is 1. The van der Waals surface area contributed by atoms with Gasteiger partial charge in [-0.3, -0.25) is 19.8 Å². The van der Waals surface area contributed by atoms with Gasteiger partial charge in [0, 0.05) is 32.4 Å². The summed E-state index contributed by atoms with van der Waals surface area (Å²) in [7, 11) is 1.47. The first-order valence-electron chi connectivity index (χ1n) is 8.27. The average Bonchev–Trinajstić information content (AvgIpc) is 3.09. The number of aryl methyl sites for hydroxylation is 1. The van der Waals surface area contributed by atoms with E-state index in [1.807, 2.05) is 0 Å². The Labute approximate surface area is 154 Å². The normalized spacial score (nSPS) is 15.0. The van der Waals surface area contributed by atoms with Crippen LogP contribution >= 0.6 is 11.3 Å². The molecule has 0 aliphatic carbocycles. The van der Waals surface area contributed by atoms with E-state index in [2.05, 4.69) is 20.4 Å². The van der Waals surface area contributed by atoms with E-state index in [9.17, 15) is 9.59 Å². The van der Waals surface area contributed by atoms with Crippen LogP contribution in [0.4, 0.5) is 5.13 Å². The lowest BCUT2D eigenvalue weighted by atomic mass is 10.1. The molecule has 0 unspecified atom stereocenters. The predicted molar refractivity (Wildman–Crippen MR) is 97.1 cm³/mol. The average molecular weight is 379 g/mol. The Hall–Kier alpha value is -2.30. The van der Waals surface area contributed by atoms with Gasteiger partial charge in [0.15, 0.2) is 0 Å². The number of carbonyl (C=O) groups is 1. The highest BCUT2D eigenvalue weighted by atomic mass is 32.1. The van der Waals surface area contributed by atoms with Crippen LogP contribution in [0.1, 0.15) is 15.9 Å². The van der Waals surface area contributed by atoms with E-state index in [4.69, 9.17) is 9.47 Å². The molecule has 3 heterocycles. The summed E-state index contributed by atoms with van der Waals surface area (Å²) in [6, 6.07) is 1.77. The summed E-state index contributed by atoms with van der Waals surface area (Å²) in [6.45, 7) is 6.12. The van der Waals surface area contributed by atoms with Crippen molar-refractivity contribution in [2.45, 2.75) is 13.5 Å². The highest BCUT2D eigenvalue weighted by Gasteiger charge is 2.18. The van der Waals surface area contributed by atoms with Gasteiger partial charge in [-0.25, -0.2) is 0 Å². The Morgan fingerprint density at radius 1 is 1.35 bits per heavy atom. The molecule has 1 aliphatic heterocycles. The minimum absolute atomic E-state index is 0.114. The molecule has 1 aliphatic rings. The van der Waals surface area contributed by atoms with Gasteiger partial charge in [0.25, 0.3) is 16.7 Å². The molecular weight excluding hydrogens is 358 g/mol. The van der Waals surface area contributed by atoms with Gasteiger partial charge in [0.1, 0.15) is 5.56 Å². The largest absolute Gasteiger partial charge is 0.472 e. The molecule has 140 valence electrons. The molecule has 0 atom stereocenters. The second-order valence-corrected chi connectivity index (χ2v) is 6.80. The standard InChI is InChI=1S/C16H21N5O4S/c1-11-3-4-21(6-5-20-7-9-25-10-8-20)14(23)12(11)13(22)17-15-18-19-16(24-2)26-15/h3-4H,5-10H2,1-2H3,(H,17,18,22). The Bertz CT molecular complexity index is 828. The van der Waals surface area contributed by atoms with Gasteiger partial charge >= 0.3 is 0 Å². The van der Waals surface area contributed by atoms with Crippen molar-refractivity contribution in [3.05, 3.63) is 33.7 Å². The first-order chi connectivity index (χ1) is 12.6. The van der Waals surface area contributed by atoms with Crippen molar-refractivity contribution in [2.24, 2.45) is 0 Å². The Morgan fingerprint density at radius 3 is 2.81 bits per heavy atom. The van der Waals surface area contributed by atoms with Crippen LogP contribution < -0.4 is 15.6 Å². The van der Waals surface area contributed by atoms with E-state index < -0.39 is 5.91 Å². The van der Waals surface area contributed by atoms with E-state index in [1.54, 1.807) is 23.8 Å². The minimum Gasteiger partial charge on any atom is -0.472 e. The molecule has 26 heavy (non-hydrogen) atoms. The van der Waals surface area contributed by atoms with Crippen LogP contribution in [-0.4, -0.2) is 65.5 Å². The second-order valence-electron chi connectivity index (χ2n) is 5.86. The molecule has 3 rings (SSSR count). The van der Waals surface area contributed by atoms with Crippen molar-refractivity contribution in [1.82, 2.24) is 19.7 Å². The Morgan fingerprint density at radius 2 is 2.12 bits per heavy atom. The number of rotatable bonds is 6. The number of amides is 1. The van der Waals surface area contributed by atoms with Crippen molar-refractivity contribution in [1.29, 1.82) is 0 Å². The van der Waals surface area contributed by atoms with E-state index in [0.717, 1.165) is 31.0 Å². The highest BCUT2D eigenvalue weighted by Crippen LogP contribution is 2.22. The summed E-state index contributed by atoms with van der Waals surface area (Å²) in [5, 5.41) is 10.8. The zero-order valence-corrected chi connectivity index (χ0v) is 15.5. The molecule has 0 aromatic carbocycles. The number of ether oxygens (including phenoxy) is 2. The molecule has 0 saturated carbocycles. The van der Waals surface area contributed by atoms with Crippen LogP contribution in [0.5, 0.6) is 5.19 Å². The van der Waals surface area contributed by atoms with Crippen LogP contribution in [-0.2, 0) is 11.3 Å². The second kappa shape index (κ2) is 8.39. The lowest BCUT2D eigenvalue weighted by molar-refractivity contribution is 0.0363. The molecule has 9 nitrogen and oxygen atoms in total. The monoisotopic (exact) mass is 379 g/mol. The SMILES string of the molecule is COc1nnc(NC(=O)c2c(C)ccn(CCN3CCOCC3)c2=O)s1. The molecule has 10 heteroatoms. The summed E-state index contributed by atoms with van der Waals surface area (Å²) in [4.78, 5) is 27.6. The third-order valence-corrected chi connectivity index (χ3v) is 4.96. The maximum absolute atomic E-state index is 12.8. The third-order valence-electron chi connectivity index (χ3n) is 4.16. The Kier molecular flexibility index (Phi) is 5.96. The maximum Gasteiger partial charge on any atom is 0.295 e. The van der Waals surface area contributed by atoms with Gasteiger partial charge in [-0.15, -0.1) is 5.10 Å². The van der Waals surface area contributed by atoms with E-state index >= 15 is 0 Å². The van der Waals surface area contributed by atoms with E-state index in [1.165, 1.54) is 7.11 Å². The van der Waals surface area contributed by atoms with Crippen molar-refractivity contribution >= 4 is 22.4 Å². The number of carbonyl (C=O) groups excluding carboxylic acids is 1. The van der Waals surface area contributed by atoms with Crippen LogP contribution in [0, 0.1) is 6.92 Å². The Balaban J connectivity index is 1.73. The third kappa shape index (κ3) is 4.26. The molecule has 1 fully saturated rings. The molecule has 0 bridgehead atoms. The van der Waals surface area contributed by atoms with Crippen LogP contribution in [0.3, 0.4) is 0 Å². The van der Waals surface area contributed by atoms with Gasteiger partial charge in [0.2, 0.25) is 5.13 Å². The molecule has 2 aromatic rings. The lowest BCUT2D eigenvalue weighted by Crippen LogP contribution is -2.40. The van der Waals surface area contributed by atoms with Gasteiger partial charge in [0.05, 0.1) is 20.3 Å². The summed E-state index contributed by atoms with van der Waals surface area (Å²) >= 11 is 1.10. The molecular formula is C16H21N5O4S. The quantitative estimate of drug-likeness (QED) is 0.785. The predicted octanol–water partition coefficient (Wildman–Crippen LogP) is 0.601. The van der Waals surface area contributed by atoms with Crippen LogP contribution in [0.15, 0.2) is 17.1 Å². The summed E-state index contributed by atoms with van der Waals surface area (Å²) in [5.74, 6) is -0.493. The first-order valence-corrected chi connectivity index (χ1v) is 9.09. The van der Waals surface area contributed by atoms with Crippen molar-refractivity contribution in [3.8, 4) is 5.19 Å². The summed E-state index contributed by atoms with van der Waals surface area (Å²) < 4.78 is 11.8. The number of hydrogen-bond acceptors (Lipinski definition) is 8. The zero-order chi connectivity index (χ0) is 18.5. The van der Waals surface area contributed by atoms with Crippen molar-refractivity contribution in [3.63, 3.8) is 0 Å². The first kappa shape index (κ1) is 18.5. The molecule has 1 N–H and O–H groups in total. The number of pyridine rings is 1. The highest BCUT2D eigenvalue weighted by molar-refractivity contribution is 7.17. The topological polar surface area (TPSA) is 98.6 Å². The number of methoxy groups -OCH3 is 1. The van der Waals surface area contributed by atoms with E-state index in [0.29, 0.717) is 30.5 Å². The number of nitrogens with zero attached hydrogens (tertiary/aromatic N) is 4. The smallest absolute Gasteiger partial charge is 0.295 e. The zero-order valence-electron chi connectivity index (χ0n) is 14.7. The molecule has 0 spiro atoms. The van der Waals surface area contributed by atoms with Crippen molar-refractivity contribution in [2.75, 3.05) is 45.3 Å². The van der Waals surface area contributed by atoms with Gasteiger partial charge in [-0.2, -0.15) is 0 Å². The molecule has 1 amide bonds. The fraction of sp³-hybridized carbons (Fsp3) is 0.500. The van der Waals surface area contributed by atoms with E-state index in [-0.39, 0.29) is 16.3 Å². The van der Waals surface area contributed by atoms with Crippen LogP contribution in [0.2, 0.25) is 0 Å². The fourth-order valence-electron chi connectivity index (χ4n) is 2.69. The maximum atomic E-state index is 12.8. The molecule has 2 aromatic heterocycles. The van der Waals surface area contributed by atoms with Gasteiger partial charge in [-0.05, 0) is 29.9 Å². The number of hydrogen-bond donors (Lipinski definition) is 1. The minimum atomic E-state index is -0.493. The molecule has 1 saturated heterocycles. The van der Waals surface area contributed by atoms with Gasteiger partial charge < -0.3 is 14.0 Å². The summed E-state index contributed by atoms with van der Waals surface area (Å²) in [5.41, 5.74) is 0.419. The van der Waals surface area contributed by atoms with Gasteiger partial charge in [-0.1, -0.05) is 5.10 Å².